The maximum Gasteiger partial charge on any atom is 0.145 e. The van der Waals surface area contributed by atoms with E-state index in [1.165, 1.54) is 5.75 Å². The number of hydrogen-bond donors (Lipinski definition) is 2. The molecule has 0 aromatic carbocycles. The van der Waals surface area contributed by atoms with Gasteiger partial charge in [0.2, 0.25) is 0 Å². The highest BCUT2D eigenvalue weighted by Gasteiger charge is 2.25. The SMILES string of the molecule is Cc1cc(NN)nc(CN2CCSC(C)C2C)n1. The van der Waals surface area contributed by atoms with Crippen LogP contribution in [0.5, 0.6) is 0 Å². The molecule has 2 heterocycles. The van der Waals surface area contributed by atoms with Crippen molar-refractivity contribution in [1.82, 2.24) is 14.9 Å². The molecule has 0 amide bonds. The van der Waals surface area contributed by atoms with Crippen LogP contribution in [0.1, 0.15) is 25.4 Å². The molecule has 1 saturated heterocycles. The van der Waals surface area contributed by atoms with Gasteiger partial charge in [-0.25, -0.2) is 15.8 Å². The van der Waals surface area contributed by atoms with E-state index in [4.69, 9.17) is 5.84 Å². The number of nitrogen functional groups attached to an aromatic ring is 1. The molecule has 1 aromatic heterocycles. The average molecular weight is 267 g/mol. The molecule has 2 unspecified atom stereocenters. The molecule has 0 bridgehead atoms. The average Bonchev–Trinajstić information content (AvgIpc) is 2.34. The number of aromatic nitrogens is 2. The molecule has 100 valence electrons. The van der Waals surface area contributed by atoms with Gasteiger partial charge in [-0.3, -0.25) is 4.90 Å². The van der Waals surface area contributed by atoms with Gasteiger partial charge >= 0.3 is 0 Å². The Kier molecular flexibility index (Phi) is 4.42. The van der Waals surface area contributed by atoms with E-state index in [2.05, 4.69) is 34.1 Å². The van der Waals surface area contributed by atoms with Gasteiger partial charge < -0.3 is 5.43 Å². The Balaban J connectivity index is 2.10. The quantitative estimate of drug-likeness (QED) is 0.637. The third-order valence-corrected chi connectivity index (χ3v) is 4.75. The summed E-state index contributed by atoms with van der Waals surface area (Å²) in [7, 11) is 0. The van der Waals surface area contributed by atoms with Gasteiger partial charge in [0.1, 0.15) is 11.6 Å². The molecular weight excluding hydrogens is 246 g/mol. The monoisotopic (exact) mass is 267 g/mol. The van der Waals surface area contributed by atoms with Gasteiger partial charge in [-0.2, -0.15) is 11.8 Å². The minimum Gasteiger partial charge on any atom is -0.308 e. The number of nitrogens with one attached hydrogen (secondary N) is 1. The van der Waals surface area contributed by atoms with Crippen molar-refractivity contribution in [3.05, 3.63) is 17.6 Å². The van der Waals surface area contributed by atoms with Gasteiger partial charge in [-0.15, -0.1) is 0 Å². The molecule has 1 aromatic rings. The summed E-state index contributed by atoms with van der Waals surface area (Å²) in [6.07, 6.45) is 0. The molecule has 5 nitrogen and oxygen atoms in total. The third-order valence-electron chi connectivity index (χ3n) is 3.41. The largest absolute Gasteiger partial charge is 0.308 e. The van der Waals surface area contributed by atoms with Crippen LogP contribution in [0.4, 0.5) is 5.82 Å². The number of rotatable bonds is 3. The molecular formula is C12H21N5S. The fraction of sp³-hybridized carbons (Fsp3) is 0.667. The van der Waals surface area contributed by atoms with E-state index < -0.39 is 0 Å². The Bertz CT molecular complexity index is 411. The lowest BCUT2D eigenvalue weighted by atomic mass is 10.2. The van der Waals surface area contributed by atoms with Gasteiger partial charge in [-0.05, 0) is 13.8 Å². The Morgan fingerprint density at radius 3 is 3.00 bits per heavy atom. The van der Waals surface area contributed by atoms with Crippen LogP contribution in [0.3, 0.4) is 0 Å². The second-order valence-electron chi connectivity index (χ2n) is 4.74. The summed E-state index contributed by atoms with van der Waals surface area (Å²) < 4.78 is 0. The second-order valence-corrected chi connectivity index (χ2v) is 6.23. The van der Waals surface area contributed by atoms with Crippen LogP contribution in [0, 0.1) is 6.92 Å². The highest BCUT2D eigenvalue weighted by atomic mass is 32.2. The zero-order chi connectivity index (χ0) is 13.1. The molecule has 0 radical (unpaired) electrons. The third kappa shape index (κ3) is 3.13. The van der Waals surface area contributed by atoms with Gasteiger partial charge in [0, 0.05) is 35.3 Å². The smallest absolute Gasteiger partial charge is 0.145 e. The van der Waals surface area contributed by atoms with E-state index >= 15 is 0 Å². The van der Waals surface area contributed by atoms with Gasteiger partial charge in [0.25, 0.3) is 0 Å². The molecule has 0 saturated carbocycles. The first kappa shape index (κ1) is 13.6. The number of anilines is 1. The molecule has 6 heteroatoms. The van der Waals surface area contributed by atoms with Crippen molar-refractivity contribution in [2.45, 2.75) is 38.6 Å². The van der Waals surface area contributed by atoms with E-state index in [1.807, 2.05) is 24.8 Å². The molecule has 1 aliphatic rings. The van der Waals surface area contributed by atoms with Gasteiger partial charge in [0.15, 0.2) is 0 Å². The first-order valence-corrected chi connectivity index (χ1v) is 7.32. The van der Waals surface area contributed by atoms with Gasteiger partial charge in [0.05, 0.1) is 6.54 Å². The Morgan fingerprint density at radius 1 is 1.50 bits per heavy atom. The first-order valence-electron chi connectivity index (χ1n) is 6.27. The highest BCUT2D eigenvalue weighted by Crippen LogP contribution is 2.25. The summed E-state index contributed by atoms with van der Waals surface area (Å²) >= 11 is 2.04. The number of thioether (sulfide) groups is 1. The lowest BCUT2D eigenvalue weighted by Crippen LogP contribution is -2.44. The number of nitrogens with two attached hydrogens (primary N) is 1. The normalized spacial score (nSPS) is 25.1. The maximum absolute atomic E-state index is 5.41. The molecule has 0 aliphatic carbocycles. The van der Waals surface area contributed by atoms with E-state index in [0.717, 1.165) is 24.6 Å². The van der Waals surface area contributed by atoms with Crippen LogP contribution < -0.4 is 11.3 Å². The van der Waals surface area contributed by atoms with Gasteiger partial charge in [-0.1, -0.05) is 6.92 Å². The van der Waals surface area contributed by atoms with E-state index in [1.54, 1.807) is 0 Å². The lowest BCUT2D eigenvalue weighted by molar-refractivity contribution is 0.199. The van der Waals surface area contributed by atoms with Crippen molar-refractivity contribution in [2.24, 2.45) is 5.84 Å². The number of hydrazine groups is 1. The van der Waals surface area contributed by atoms with Crippen LogP contribution in [0.15, 0.2) is 6.07 Å². The molecule has 1 fully saturated rings. The lowest BCUT2D eigenvalue weighted by Gasteiger charge is -2.37. The number of nitrogens with zero attached hydrogens (tertiary/aromatic N) is 3. The van der Waals surface area contributed by atoms with Crippen molar-refractivity contribution >= 4 is 17.6 Å². The summed E-state index contributed by atoms with van der Waals surface area (Å²) in [5.74, 6) is 8.12. The first-order chi connectivity index (χ1) is 8.60. The van der Waals surface area contributed by atoms with E-state index in [0.29, 0.717) is 17.1 Å². The molecule has 0 spiro atoms. The van der Waals surface area contributed by atoms with Crippen LogP contribution in [-0.4, -0.2) is 38.5 Å². The zero-order valence-electron chi connectivity index (χ0n) is 11.2. The summed E-state index contributed by atoms with van der Waals surface area (Å²) in [4.78, 5) is 11.3. The predicted molar refractivity (Wildman–Crippen MR) is 76.4 cm³/mol. The number of aryl methyl sites for hydroxylation is 1. The Morgan fingerprint density at radius 2 is 2.28 bits per heavy atom. The summed E-state index contributed by atoms with van der Waals surface area (Å²) in [5.41, 5.74) is 3.54. The molecule has 2 rings (SSSR count). The summed E-state index contributed by atoms with van der Waals surface area (Å²) in [5, 5.41) is 0.663. The van der Waals surface area contributed by atoms with Crippen LogP contribution in [0.2, 0.25) is 0 Å². The van der Waals surface area contributed by atoms with Crippen LogP contribution in [0.25, 0.3) is 0 Å². The molecule has 18 heavy (non-hydrogen) atoms. The fourth-order valence-corrected chi connectivity index (χ4v) is 3.34. The van der Waals surface area contributed by atoms with Crippen molar-refractivity contribution in [1.29, 1.82) is 0 Å². The molecule has 2 atom stereocenters. The van der Waals surface area contributed by atoms with Crippen molar-refractivity contribution in [3.63, 3.8) is 0 Å². The number of hydrogen-bond acceptors (Lipinski definition) is 6. The van der Waals surface area contributed by atoms with Crippen molar-refractivity contribution in [2.75, 3.05) is 17.7 Å². The zero-order valence-corrected chi connectivity index (χ0v) is 12.0. The van der Waals surface area contributed by atoms with E-state index in [-0.39, 0.29) is 0 Å². The summed E-state index contributed by atoms with van der Waals surface area (Å²) in [6, 6.07) is 2.41. The van der Waals surface area contributed by atoms with Crippen LogP contribution >= 0.6 is 11.8 Å². The molecule has 1 aliphatic heterocycles. The Hall–Kier alpha value is -0.850. The standard InChI is InChI=1S/C12H21N5S/c1-8-6-11(16-13)15-12(14-8)7-17-4-5-18-10(3)9(17)2/h6,9-10H,4-5,7,13H2,1-3H3,(H,14,15,16). The maximum atomic E-state index is 5.41. The topological polar surface area (TPSA) is 67.1 Å². The second kappa shape index (κ2) is 5.86. The highest BCUT2D eigenvalue weighted by molar-refractivity contribution is 8.00. The fourth-order valence-electron chi connectivity index (χ4n) is 2.17. The minimum atomic E-state index is 0.558. The molecule has 3 N–H and O–H groups in total. The minimum absolute atomic E-state index is 0.558. The van der Waals surface area contributed by atoms with Crippen molar-refractivity contribution in [3.8, 4) is 0 Å². The van der Waals surface area contributed by atoms with E-state index in [9.17, 15) is 0 Å². The van der Waals surface area contributed by atoms with Crippen LogP contribution in [-0.2, 0) is 6.54 Å². The summed E-state index contributed by atoms with van der Waals surface area (Å²) in [6.45, 7) is 8.41. The Labute approximate surface area is 113 Å². The predicted octanol–water partition coefficient (Wildman–Crippen LogP) is 1.40. The van der Waals surface area contributed by atoms with Crippen molar-refractivity contribution < 1.29 is 0 Å².